The number of aromatic nitrogens is 1. The lowest BCUT2D eigenvalue weighted by molar-refractivity contribution is -0.137. The highest BCUT2D eigenvalue weighted by atomic mass is 32.2. The Bertz CT molecular complexity index is 1420. The summed E-state index contributed by atoms with van der Waals surface area (Å²) in [5, 5.41) is -0.788. The molecule has 0 bridgehead atoms. The first kappa shape index (κ1) is 25.1. The first-order chi connectivity index (χ1) is 16.9. The molecule has 2 fully saturated rings. The van der Waals surface area contributed by atoms with Crippen molar-refractivity contribution in [2.75, 3.05) is 0 Å². The molecule has 0 unspecified atom stereocenters. The summed E-state index contributed by atoms with van der Waals surface area (Å²) >= 11 is 0. The minimum Gasteiger partial charge on any atom is -0.344 e. The van der Waals surface area contributed by atoms with E-state index in [0.717, 1.165) is 30.7 Å². The van der Waals surface area contributed by atoms with Gasteiger partial charge in [-0.05, 0) is 61.9 Å². The lowest BCUT2D eigenvalue weighted by Crippen LogP contribution is -2.35. The van der Waals surface area contributed by atoms with E-state index in [0.29, 0.717) is 25.7 Å². The molecule has 2 saturated carbocycles. The summed E-state index contributed by atoms with van der Waals surface area (Å²) in [6.07, 6.45) is -3.90. The third-order valence-electron chi connectivity index (χ3n) is 6.84. The molecule has 5 rings (SSSR count). The Balaban J connectivity index is 1.70. The van der Waals surface area contributed by atoms with Crippen LogP contribution < -0.4 is 4.72 Å². The fourth-order valence-corrected chi connectivity index (χ4v) is 6.14. The lowest BCUT2D eigenvalue weighted by Gasteiger charge is -2.28. The van der Waals surface area contributed by atoms with Gasteiger partial charge in [-0.3, -0.25) is 0 Å². The average Bonchev–Trinajstić information content (AvgIpc) is 3.55. The quantitative estimate of drug-likeness (QED) is 0.342. The Morgan fingerprint density at radius 1 is 0.972 bits per heavy atom. The third kappa shape index (κ3) is 4.49. The van der Waals surface area contributed by atoms with E-state index in [9.17, 15) is 34.8 Å². The molecule has 1 aromatic heterocycles. The Morgan fingerprint density at radius 2 is 1.67 bits per heavy atom. The van der Waals surface area contributed by atoms with Crippen molar-refractivity contribution in [1.29, 1.82) is 0 Å². The van der Waals surface area contributed by atoms with E-state index in [-0.39, 0.29) is 28.6 Å². The summed E-state index contributed by atoms with van der Waals surface area (Å²) in [5.41, 5.74) is -2.39. The first-order valence-corrected chi connectivity index (χ1v) is 12.9. The van der Waals surface area contributed by atoms with E-state index in [2.05, 4.69) is 0 Å². The molecule has 4 nitrogen and oxygen atoms in total. The highest BCUT2D eigenvalue weighted by molar-refractivity contribution is 7.90. The summed E-state index contributed by atoms with van der Waals surface area (Å²) in [6, 6.07) is 1.74. The molecule has 12 heteroatoms. The molecule has 2 aliphatic carbocycles. The van der Waals surface area contributed by atoms with Gasteiger partial charge in [-0.25, -0.2) is 30.7 Å². The van der Waals surface area contributed by atoms with Crippen molar-refractivity contribution in [1.82, 2.24) is 9.29 Å². The number of fused-ring (bicyclic) bond motifs is 1. The van der Waals surface area contributed by atoms with Crippen molar-refractivity contribution < 1.29 is 39.2 Å². The van der Waals surface area contributed by atoms with Crippen LogP contribution in [0.5, 0.6) is 0 Å². The van der Waals surface area contributed by atoms with E-state index < -0.39 is 62.2 Å². The summed E-state index contributed by atoms with van der Waals surface area (Å²) < 4.78 is 126. The third-order valence-corrected chi connectivity index (χ3v) is 8.77. The molecule has 1 N–H and O–H groups in total. The molecule has 194 valence electrons. The zero-order chi connectivity index (χ0) is 26.0. The average molecular weight is 534 g/mol. The predicted octanol–water partition coefficient (Wildman–Crippen LogP) is 6.72. The van der Waals surface area contributed by atoms with Crippen LogP contribution in [0.25, 0.3) is 22.0 Å². The van der Waals surface area contributed by atoms with Gasteiger partial charge < -0.3 is 4.57 Å². The minimum atomic E-state index is -4.97. The molecule has 2 aliphatic rings. The fraction of sp³-hybridized carbons (Fsp3) is 0.417. The fourth-order valence-electron chi connectivity index (χ4n) is 4.60. The van der Waals surface area contributed by atoms with Crippen LogP contribution >= 0.6 is 0 Å². The summed E-state index contributed by atoms with van der Waals surface area (Å²) in [6.45, 7) is 0. The minimum absolute atomic E-state index is 0.0254. The van der Waals surface area contributed by atoms with Gasteiger partial charge in [0.1, 0.15) is 17.7 Å². The molecule has 0 amide bonds. The van der Waals surface area contributed by atoms with Gasteiger partial charge >= 0.3 is 6.18 Å². The maximum absolute atomic E-state index is 15.3. The van der Waals surface area contributed by atoms with Crippen molar-refractivity contribution in [2.45, 2.75) is 62.0 Å². The van der Waals surface area contributed by atoms with Gasteiger partial charge in [0.15, 0.2) is 0 Å². The van der Waals surface area contributed by atoms with Crippen molar-refractivity contribution in [3.8, 4) is 11.1 Å². The maximum Gasteiger partial charge on any atom is 0.417 e. The normalized spacial score (nSPS) is 18.1. The van der Waals surface area contributed by atoms with Gasteiger partial charge in [-0.15, -0.1) is 0 Å². The molecule has 0 radical (unpaired) electrons. The SMILES string of the molecule is O=S(=O)(N[C@@H](c1cn(C2CCC2)c2cc(-c3ccc(F)cc3C(F)(F)F)c(F)cc12)C(F)F)C1CC1. The second-order valence-corrected chi connectivity index (χ2v) is 11.3. The second-order valence-electron chi connectivity index (χ2n) is 9.29. The number of alkyl halides is 5. The highest BCUT2D eigenvalue weighted by Crippen LogP contribution is 2.43. The Hall–Kier alpha value is -2.60. The molecule has 1 heterocycles. The Labute approximate surface area is 202 Å². The van der Waals surface area contributed by atoms with Crippen LogP contribution in [-0.4, -0.2) is 24.7 Å². The van der Waals surface area contributed by atoms with Crippen LogP contribution in [0, 0.1) is 11.6 Å². The standard InChI is InChI=1S/C24H21F7N2O2S/c25-12-4-7-15(19(8-12)24(29,30)31)16-10-21-17(9-20(16)26)18(11-33(21)13-2-1-3-13)22(23(27)28)32-36(34,35)14-5-6-14/h4,7-11,13-14,22-23,32H,1-3,5-6H2/t22-/m0/s1. The number of sulfonamides is 1. The molecule has 0 saturated heterocycles. The molecule has 3 aromatic rings. The highest BCUT2D eigenvalue weighted by Gasteiger charge is 2.41. The molecule has 2 aromatic carbocycles. The van der Waals surface area contributed by atoms with Crippen LogP contribution in [0.2, 0.25) is 0 Å². The van der Waals surface area contributed by atoms with Crippen LogP contribution in [-0.2, 0) is 16.2 Å². The van der Waals surface area contributed by atoms with Gasteiger partial charge in [-0.1, -0.05) is 6.07 Å². The van der Waals surface area contributed by atoms with Crippen LogP contribution in [0.4, 0.5) is 30.7 Å². The van der Waals surface area contributed by atoms with Crippen molar-refractivity contribution in [3.05, 3.63) is 59.3 Å². The van der Waals surface area contributed by atoms with E-state index in [1.807, 2.05) is 4.72 Å². The number of nitrogens with one attached hydrogen (secondary N) is 1. The molecule has 36 heavy (non-hydrogen) atoms. The number of hydrogen-bond acceptors (Lipinski definition) is 2. The van der Waals surface area contributed by atoms with Crippen LogP contribution in [0.15, 0.2) is 36.5 Å². The zero-order valence-corrected chi connectivity index (χ0v) is 19.4. The van der Waals surface area contributed by atoms with Gasteiger partial charge in [0, 0.05) is 34.3 Å². The molecular weight excluding hydrogens is 513 g/mol. The van der Waals surface area contributed by atoms with Crippen molar-refractivity contribution in [2.24, 2.45) is 0 Å². The van der Waals surface area contributed by atoms with E-state index in [1.165, 1.54) is 6.20 Å². The predicted molar refractivity (Wildman–Crippen MR) is 119 cm³/mol. The summed E-state index contributed by atoms with van der Waals surface area (Å²) in [7, 11) is -4.03. The van der Waals surface area contributed by atoms with Crippen LogP contribution in [0.1, 0.15) is 55.3 Å². The molecule has 1 atom stereocenters. The number of rotatable bonds is 7. The number of nitrogens with zero attached hydrogens (tertiary/aromatic N) is 1. The Kier molecular flexibility index (Phi) is 6.10. The smallest absolute Gasteiger partial charge is 0.344 e. The van der Waals surface area contributed by atoms with Gasteiger partial charge in [0.05, 0.1) is 10.8 Å². The van der Waals surface area contributed by atoms with Gasteiger partial charge in [-0.2, -0.15) is 13.2 Å². The van der Waals surface area contributed by atoms with Crippen molar-refractivity contribution >= 4 is 20.9 Å². The number of hydrogen-bond donors (Lipinski definition) is 1. The van der Waals surface area contributed by atoms with E-state index in [1.54, 1.807) is 4.57 Å². The van der Waals surface area contributed by atoms with Crippen LogP contribution in [0.3, 0.4) is 0 Å². The number of halogens is 7. The topological polar surface area (TPSA) is 51.1 Å². The summed E-state index contributed by atoms with van der Waals surface area (Å²) in [5.74, 6) is -2.28. The maximum atomic E-state index is 15.3. The zero-order valence-electron chi connectivity index (χ0n) is 18.6. The van der Waals surface area contributed by atoms with E-state index in [4.69, 9.17) is 0 Å². The second kappa shape index (κ2) is 8.76. The largest absolute Gasteiger partial charge is 0.417 e. The van der Waals surface area contributed by atoms with Gasteiger partial charge in [0.2, 0.25) is 10.0 Å². The van der Waals surface area contributed by atoms with E-state index >= 15 is 4.39 Å². The van der Waals surface area contributed by atoms with Crippen molar-refractivity contribution in [3.63, 3.8) is 0 Å². The Morgan fingerprint density at radius 3 is 2.22 bits per heavy atom. The first-order valence-electron chi connectivity index (χ1n) is 11.4. The van der Waals surface area contributed by atoms with Gasteiger partial charge in [0.25, 0.3) is 6.43 Å². The number of benzene rings is 2. The monoisotopic (exact) mass is 534 g/mol. The summed E-state index contributed by atoms with van der Waals surface area (Å²) in [4.78, 5) is 0. The molecular formula is C24H21F7N2O2S. The molecule has 0 aliphatic heterocycles. The lowest BCUT2D eigenvalue weighted by atomic mass is 9.92. The molecule has 0 spiro atoms.